The summed E-state index contributed by atoms with van der Waals surface area (Å²) in [6.45, 7) is 8.40. The number of piperazine rings is 1. The second-order valence-corrected chi connectivity index (χ2v) is 12.2. The molecule has 230 valence electrons. The Morgan fingerprint density at radius 2 is 1.80 bits per heavy atom. The third kappa shape index (κ3) is 5.76. The van der Waals surface area contributed by atoms with Crippen LogP contribution in [-0.2, 0) is 6.61 Å². The van der Waals surface area contributed by atoms with Crippen molar-refractivity contribution in [1.82, 2.24) is 24.4 Å². The zero-order valence-corrected chi connectivity index (χ0v) is 26.1. The summed E-state index contributed by atoms with van der Waals surface area (Å²) in [5.41, 5.74) is 4.35. The molecular formula is C34H32FN5O4S. The number of fused-ring (bicyclic) bond motifs is 2. The van der Waals surface area contributed by atoms with Gasteiger partial charge >= 0.3 is 0 Å². The van der Waals surface area contributed by atoms with Gasteiger partial charge in [-0.1, -0.05) is 36.5 Å². The molecule has 0 saturated carbocycles. The molecule has 6 aromatic rings. The van der Waals surface area contributed by atoms with Crippen molar-refractivity contribution in [3.8, 4) is 34.1 Å². The molecular weight excluding hydrogens is 593 g/mol. The van der Waals surface area contributed by atoms with E-state index in [2.05, 4.69) is 21.9 Å². The summed E-state index contributed by atoms with van der Waals surface area (Å²) in [6, 6.07) is 17.8. The van der Waals surface area contributed by atoms with Crippen LogP contribution in [-0.4, -0.2) is 70.1 Å². The zero-order valence-electron chi connectivity index (χ0n) is 25.2. The van der Waals surface area contributed by atoms with Gasteiger partial charge in [0.2, 0.25) is 4.96 Å². The SMILES string of the molecule is CCN1CCN(C(=O)c2ccc(-c3ccc(F)c(OCc4cc(OC)cc5oc(-c6cn7nc(C)sc7n6)cc45)c3)cc2)CC1. The third-order valence-electron chi connectivity index (χ3n) is 8.22. The number of methoxy groups -OCH3 is 1. The van der Waals surface area contributed by atoms with Crippen LogP contribution in [0.15, 0.2) is 71.3 Å². The van der Waals surface area contributed by atoms with Gasteiger partial charge in [-0.25, -0.2) is 13.9 Å². The molecule has 1 fully saturated rings. The number of carbonyl (C=O) groups excluding carboxylic acids is 1. The Labute approximate surface area is 263 Å². The Balaban J connectivity index is 1.10. The van der Waals surface area contributed by atoms with Gasteiger partial charge < -0.3 is 23.7 Å². The van der Waals surface area contributed by atoms with Crippen molar-refractivity contribution in [1.29, 1.82) is 0 Å². The van der Waals surface area contributed by atoms with E-state index in [1.165, 1.54) is 17.4 Å². The van der Waals surface area contributed by atoms with Crippen molar-refractivity contribution < 1.29 is 23.1 Å². The monoisotopic (exact) mass is 625 g/mol. The smallest absolute Gasteiger partial charge is 0.253 e. The maximum Gasteiger partial charge on any atom is 0.253 e. The maximum absolute atomic E-state index is 15.0. The quantitative estimate of drug-likeness (QED) is 0.187. The molecule has 0 N–H and O–H groups in total. The fourth-order valence-corrected chi connectivity index (χ4v) is 6.39. The second kappa shape index (κ2) is 12.0. The van der Waals surface area contributed by atoms with Crippen LogP contribution in [0.4, 0.5) is 4.39 Å². The number of hydrogen-bond donors (Lipinski definition) is 0. The molecule has 0 aliphatic carbocycles. The van der Waals surface area contributed by atoms with Gasteiger partial charge in [-0.3, -0.25) is 4.79 Å². The van der Waals surface area contributed by atoms with E-state index in [1.807, 2.05) is 60.5 Å². The van der Waals surface area contributed by atoms with Crippen molar-refractivity contribution >= 4 is 33.2 Å². The molecule has 0 unspecified atom stereocenters. The summed E-state index contributed by atoms with van der Waals surface area (Å²) in [4.78, 5) is 22.7. The lowest BCUT2D eigenvalue weighted by molar-refractivity contribution is 0.0643. The minimum absolute atomic E-state index is 0.0342. The summed E-state index contributed by atoms with van der Waals surface area (Å²) in [7, 11) is 1.58. The van der Waals surface area contributed by atoms with E-state index in [-0.39, 0.29) is 18.3 Å². The van der Waals surface area contributed by atoms with Crippen LogP contribution < -0.4 is 9.47 Å². The number of aromatic nitrogens is 3. The molecule has 9 nitrogen and oxygen atoms in total. The van der Waals surface area contributed by atoms with Gasteiger partial charge in [-0.05, 0) is 61.0 Å². The number of likely N-dealkylation sites (N-methyl/N-ethyl adjacent to an activating group) is 1. The van der Waals surface area contributed by atoms with E-state index >= 15 is 0 Å². The molecule has 7 rings (SSSR count). The zero-order chi connectivity index (χ0) is 31.1. The highest BCUT2D eigenvalue weighted by Gasteiger charge is 2.22. The number of hydrogen-bond acceptors (Lipinski definition) is 8. The molecule has 0 bridgehead atoms. The van der Waals surface area contributed by atoms with Gasteiger partial charge in [0.1, 0.15) is 28.6 Å². The lowest BCUT2D eigenvalue weighted by Gasteiger charge is -2.34. The number of furan rings is 1. The standard InChI is InChI=1S/C34H32FN5O4S/c1-4-38-11-13-39(14-12-38)33(41)23-7-5-22(6-8-23)24-9-10-28(35)31(16-24)43-20-25-15-26(42-3)17-30-27(25)18-32(44-30)29-19-40-34(36-29)45-21(2)37-40/h5-10,15-19H,4,11-14,20H2,1-3H3. The predicted molar refractivity (Wildman–Crippen MR) is 172 cm³/mol. The summed E-state index contributed by atoms with van der Waals surface area (Å²) >= 11 is 1.50. The first-order chi connectivity index (χ1) is 21.9. The van der Waals surface area contributed by atoms with Gasteiger partial charge in [0, 0.05) is 48.8 Å². The molecule has 4 heterocycles. The molecule has 0 spiro atoms. The van der Waals surface area contributed by atoms with Crippen LogP contribution in [0.1, 0.15) is 27.9 Å². The average Bonchev–Trinajstić information content (AvgIpc) is 3.77. The van der Waals surface area contributed by atoms with Crippen molar-refractivity contribution in [2.45, 2.75) is 20.5 Å². The lowest BCUT2D eigenvalue weighted by atomic mass is 10.0. The first-order valence-corrected chi connectivity index (χ1v) is 15.7. The molecule has 1 amide bonds. The van der Waals surface area contributed by atoms with Crippen LogP contribution >= 0.6 is 11.3 Å². The van der Waals surface area contributed by atoms with Crippen LogP contribution in [0.25, 0.3) is 38.5 Å². The van der Waals surface area contributed by atoms with Crippen molar-refractivity contribution in [2.24, 2.45) is 0 Å². The Bertz CT molecular complexity index is 1980. The number of aryl methyl sites for hydroxylation is 1. The fraction of sp³-hybridized carbons (Fsp3) is 0.265. The summed E-state index contributed by atoms with van der Waals surface area (Å²) in [5, 5.41) is 6.18. The van der Waals surface area contributed by atoms with E-state index < -0.39 is 5.82 Å². The molecule has 11 heteroatoms. The van der Waals surface area contributed by atoms with Gasteiger partial charge in [0.05, 0.1) is 13.3 Å². The molecule has 0 atom stereocenters. The number of amides is 1. The van der Waals surface area contributed by atoms with Crippen LogP contribution in [0.5, 0.6) is 11.5 Å². The maximum atomic E-state index is 15.0. The molecule has 3 aromatic heterocycles. The predicted octanol–water partition coefficient (Wildman–Crippen LogP) is 6.68. The highest BCUT2D eigenvalue weighted by molar-refractivity contribution is 7.16. The Hall–Kier alpha value is -4.74. The average molecular weight is 626 g/mol. The number of nitrogens with zero attached hydrogens (tertiary/aromatic N) is 5. The van der Waals surface area contributed by atoms with Gasteiger partial charge in [0.25, 0.3) is 5.91 Å². The van der Waals surface area contributed by atoms with E-state index in [0.717, 1.165) is 64.8 Å². The highest BCUT2D eigenvalue weighted by Crippen LogP contribution is 2.35. The van der Waals surface area contributed by atoms with Crippen molar-refractivity contribution in [3.63, 3.8) is 0 Å². The summed E-state index contributed by atoms with van der Waals surface area (Å²) in [6.07, 6.45) is 1.83. The second-order valence-electron chi connectivity index (χ2n) is 11.0. The van der Waals surface area contributed by atoms with Crippen LogP contribution in [0.2, 0.25) is 0 Å². The van der Waals surface area contributed by atoms with Crippen LogP contribution in [0.3, 0.4) is 0 Å². The number of benzene rings is 3. The van der Waals surface area contributed by atoms with Crippen molar-refractivity contribution in [2.75, 3.05) is 39.8 Å². The van der Waals surface area contributed by atoms with Crippen molar-refractivity contribution in [3.05, 3.63) is 88.8 Å². The number of ether oxygens (including phenoxy) is 2. The van der Waals surface area contributed by atoms with Gasteiger partial charge in [-0.15, -0.1) is 0 Å². The lowest BCUT2D eigenvalue weighted by Crippen LogP contribution is -2.48. The molecule has 1 aliphatic heterocycles. The molecule has 1 saturated heterocycles. The number of rotatable bonds is 8. The highest BCUT2D eigenvalue weighted by atomic mass is 32.1. The summed E-state index contributed by atoms with van der Waals surface area (Å²) in [5.74, 6) is 0.878. The molecule has 0 radical (unpaired) electrons. The summed E-state index contributed by atoms with van der Waals surface area (Å²) < 4.78 is 34.4. The minimum Gasteiger partial charge on any atom is -0.497 e. The Morgan fingerprint density at radius 1 is 1.02 bits per heavy atom. The molecule has 1 aliphatic rings. The van der Waals surface area contributed by atoms with E-state index in [1.54, 1.807) is 23.8 Å². The molecule has 3 aromatic carbocycles. The first kappa shape index (κ1) is 29.0. The van der Waals surface area contributed by atoms with Gasteiger partial charge in [-0.2, -0.15) is 5.10 Å². The van der Waals surface area contributed by atoms with E-state index in [9.17, 15) is 9.18 Å². The first-order valence-electron chi connectivity index (χ1n) is 14.9. The Morgan fingerprint density at radius 3 is 2.53 bits per heavy atom. The largest absolute Gasteiger partial charge is 0.497 e. The number of imidazole rings is 1. The Kier molecular flexibility index (Phi) is 7.72. The molecule has 45 heavy (non-hydrogen) atoms. The van der Waals surface area contributed by atoms with E-state index in [4.69, 9.17) is 13.9 Å². The van der Waals surface area contributed by atoms with E-state index in [0.29, 0.717) is 28.4 Å². The van der Waals surface area contributed by atoms with Crippen LogP contribution in [0, 0.1) is 12.7 Å². The normalized spacial score (nSPS) is 14.0. The minimum atomic E-state index is -0.468. The third-order valence-corrected chi connectivity index (χ3v) is 9.05. The topological polar surface area (TPSA) is 85.3 Å². The number of carbonyl (C=O) groups is 1. The van der Waals surface area contributed by atoms with Gasteiger partial charge in [0.15, 0.2) is 17.3 Å². The number of halogens is 1. The fourth-order valence-electron chi connectivity index (χ4n) is 5.67.